The summed E-state index contributed by atoms with van der Waals surface area (Å²) in [6, 6.07) is 5.85. The second kappa shape index (κ2) is 4.37. The second-order valence-electron chi connectivity index (χ2n) is 5.31. The SMILES string of the molecule is Cc1cn2ccccc2c1NC(=O)OC(C)(C)C. The van der Waals surface area contributed by atoms with Crippen molar-refractivity contribution >= 4 is 17.3 Å². The normalized spacial score (nSPS) is 11.6. The lowest BCUT2D eigenvalue weighted by Crippen LogP contribution is -2.27. The van der Waals surface area contributed by atoms with Gasteiger partial charge < -0.3 is 9.14 Å². The van der Waals surface area contributed by atoms with Crippen LogP contribution in [-0.4, -0.2) is 16.1 Å². The third kappa shape index (κ3) is 2.64. The van der Waals surface area contributed by atoms with Crippen LogP contribution in [0.3, 0.4) is 0 Å². The lowest BCUT2D eigenvalue weighted by atomic mass is 10.2. The number of ether oxygens (including phenoxy) is 1. The molecule has 1 N–H and O–H groups in total. The van der Waals surface area contributed by atoms with E-state index in [1.165, 1.54) is 0 Å². The Morgan fingerprint density at radius 3 is 2.72 bits per heavy atom. The van der Waals surface area contributed by atoms with Gasteiger partial charge in [0.15, 0.2) is 0 Å². The van der Waals surface area contributed by atoms with Crippen molar-refractivity contribution in [1.29, 1.82) is 0 Å². The number of carbonyl (C=O) groups excluding carboxylic acids is 1. The largest absolute Gasteiger partial charge is 0.444 e. The molecule has 0 aliphatic heterocycles. The lowest BCUT2D eigenvalue weighted by molar-refractivity contribution is 0.0636. The predicted molar refractivity (Wildman–Crippen MR) is 72.0 cm³/mol. The Balaban J connectivity index is 2.27. The molecule has 0 bridgehead atoms. The molecule has 0 aromatic carbocycles. The van der Waals surface area contributed by atoms with Gasteiger partial charge in [0, 0.05) is 12.4 Å². The van der Waals surface area contributed by atoms with Crippen LogP contribution < -0.4 is 5.32 Å². The van der Waals surface area contributed by atoms with Gasteiger partial charge in [0.1, 0.15) is 5.60 Å². The molecule has 0 unspecified atom stereocenters. The predicted octanol–water partition coefficient (Wildman–Crippen LogP) is 3.59. The molecule has 0 fully saturated rings. The van der Waals surface area contributed by atoms with E-state index in [1.54, 1.807) is 0 Å². The Hall–Kier alpha value is -1.97. The number of aryl methyl sites for hydroxylation is 1. The Morgan fingerprint density at radius 1 is 1.33 bits per heavy atom. The summed E-state index contributed by atoms with van der Waals surface area (Å²) in [6.07, 6.45) is 3.49. The number of amides is 1. The molecule has 2 aromatic rings. The van der Waals surface area contributed by atoms with Gasteiger partial charge in [0.2, 0.25) is 0 Å². The number of nitrogens with zero attached hydrogens (tertiary/aromatic N) is 1. The monoisotopic (exact) mass is 246 g/mol. The first kappa shape index (κ1) is 12.5. The van der Waals surface area contributed by atoms with Gasteiger partial charge >= 0.3 is 6.09 Å². The summed E-state index contributed by atoms with van der Waals surface area (Å²) in [5, 5.41) is 2.81. The summed E-state index contributed by atoms with van der Waals surface area (Å²) in [7, 11) is 0. The summed E-state index contributed by atoms with van der Waals surface area (Å²) in [5.41, 5.74) is 2.27. The fraction of sp³-hybridized carbons (Fsp3) is 0.357. The van der Waals surface area contributed by atoms with Gasteiger partial charge in [-0.1, -0.05) is 6.07 Å². The number of carbonyl (C=O) groups is 1. The summed E-state index contributed by atoms with van der Waals surface area (Å²) in [6.45, 7) is 7.49. The molecule has 0 radical (unpaired) electrons. The van der Waals surface area contributed by atoms with Gasteiger partial charge in [-0.3, -0.25) is 5.32 Å². The number of fused-ring (bicyclic) bond motifs is 1. The van der Waals surface area contributed by atoms with E-state index in [2.05, 4.69) is 5.32 Å². The highest BCUT2D eigenvalue weighted by Gasteiger charge is 2.18. The summed E-state index contributed by atoms with van der Waals surface area (Å²) in [4.78, 5) is 11.8. The molecule has 0 saturated carbocycles. The van der Waals surface area contributed by atoms with Crippen LogP contribution in [0, 0.1) is 6.92 Å². The molecular weight excluding hydrogens is 228 g/mol. The molecule has 0 atom stereocenters. The van der Waals surface area contributed by atoms with E-state index < -0.39 is 11.7 Å². The molecule has 0 aliphatic rings. The smallest absolute Gasteiger partial charge is 0.412 e. The molecular formula is C14H18N2O2. The number of rotatable bonds is 1. The Morgan fingerprint density at radius 2 is 2.06 bits per heavy atom. The Kier molecular flexibility index (Phi) is 3.03. The Bertz CT molecular complexity index is 579. The molecule has 2 rings (SSSR count). The molecule has 96 valence electrons. The maximum Gasteiger partial charge on any atom is 0.412 e. The van der Waals surface area contributed by atoms with Crippen molar-refractivity contribution < 1.29 is 9.53 Å². The first-order chi connectivity index (χ1) is 8.37. The van der Waals surface area contributed by atoms with E-state index in [0.717, 1.165) is 16.8 Å². The molecule has 2 heterocycles. The lowest BCUT2D eigenvalue weighted by Gasteiger charge is -2.19. The van der Waals surface area contributed by atoms with Crippen molar-refractivity contribution in [3.8, 4) is 0 Å². The standard InChI is InChI=1S/C14H18N2O2/c1-10-9-16-8-6-5-7-11(16)12(10)15-13(17)18-14(2,3)4/h5-9H,1-4H3,(H,15,17). The highest BCUT2D eigenvalue weighted by molar-refractivity contribution is 5.92. The van der Waals surface area contributed by atoms with Gasteiger partial charge in [-0.25, -0.2) is 4.79 Å². The number of aromatic nitrogens is 1. The topological polar surface area (TPSA) is 42.7 Å². The van der Waals surface area contributed by atoms with Crippen LogP contribution in [0.5, 0.6) is 0 Å². The van der Waals surface area contributed by atoms with E-state index in [-0.39, 0.29) is 0 Å². The van der Waals surface area contributed by atoms with Crippen molar-refractivity contribution in [3.63, 3.8) is 0 Å². The molecule has 2 aromatic heterocycles. The van der Waals surface area contributed by atoms with Gasteiger partial charge in [0.25, 0.3) is 0 Å². The van der Waals surface area contributed by atoms with Crippen LogP contribution >= 0.6 is 0 Å². The number of hydrogen-bond donors (Lipinski definition) is 1. The van der Waals surface area contributed by atoms with E-state index in [9.17, 15) is 4.79 Å². The maximum atomic E-state index is 11.8. The maximum absolute atomic E-state index is 11.8. The molecule has 0 aliphatic carbocycles. The average molecular weight is 246 g/mol. The fourth-order valence-electron chi connectivity index (χ4n) is 1.82. The van der Waals surface area contributed by atoms with Crippen LogP contribution in [0.15, 0.2) is 30.6 Å². The molecule has 0 saturated heterocycles. The second-order valence-corrected chi connectivity index (χ2v) is 5.31. The minimum atomic E-state index is -0.493. The molecule has 4 nitrogen and oxygen atoms in total. The third-order valence-electron chi connectivity index (χ3n) is 2.50. The summed E-state index contributed by atoms with van der Waals surface area (Å²) in [5.74, 6) is 0. The Labute approximate surface area is 107 Å². The third-order valence-corrected chi connectivity index (χ3v) is 2.50. The zero-order valence-electron chi connectivity index (χ0n) is 11.2. The first-order valence-electron chi connectivity index (χ1n) is 5.93. The van der Waals surface area contributed by atoms with Crippen molar-refractivity contribution in [2.75, 3.05) is 5.32 Å². The van der Waals surface area contributed by atoms with Crippen molar-refractivity contribution in [1.82, 2.24) is 4.40 Å². The highest BCUT2D eigenvalue weighted by atomic mass is 16.6. The zero-order chi connectivity index (χ0) is 13.3. The number of pyridine rings is 1. The van der Waals surface area contributed by atoms with E-state index in [0.29, 0.717) is 0 Å². The van der Waals surface area contributed by atoms with Crippen molar-refractivity contribution in [2.24, 2.45) is 0 Å². The minimum Gasteiger partial charge on any atom is -0.444 e. The average Bonchev–Trinajstić information content (AvgIpc) is 2.53. The van der Waals surface area contributed by atoms with Crippen molar-refractivity contribution in [2.45, 2.75) is 33.3 Å². The van der Waals surface area contributed by atoms with Gasteiger partial charge in [-0.2, -0.15) is 0 Å². The first-order valence-corrected chi connectivity index (χ1v) is 5.93. The molecule has 0 spiro atoms. The van der Waals surface area contributed by atoms with E-state index in [4.69, 9.17) is 4.74 Å². The van der Waals surface area contributed by atoms with Crippen molar-refractivity contribution in [3.05, 3.63) is 36.2 Å². The quantitative estimate of drug-likeness (QED) is 0.835. The molecule has 1 amide bonds. The van der Waals surface area contributed by atoms with Crippen LogP contribution in [0.1, 0.15) is 26.3 Å². The van der Waals surface area contributed by atoms with Gasteiger partial charge in [0.05, 0.1) is 11.2 Å². The van der Waals surface area contributed by atoms with Crippen LogP contribution in [0.4, 0.5) is 10.5 Å². The number of nitrogens with one attached hydrogen (secondary N) is 1. The highest BCUT2D eigenvalue weighted by Crippen LogP contribution is 2.24. The van der Waals surface area contributed by atoms with Crippen LogP contribution in [0.2, 0.25) is 0 Å². The summed E-state index contributed by atoms with van der Waals surface area (Å²) >= 11 is 0. The van der Waals surface area contributed by atoms with Crippen LogP contribution in [0.25, 0.3) is 5.52 Å². The van der Waals surface area contributed by atoms with Crippen LogP contribution in [-0.2, 0) is 4.74 Å². The number of anilines is 1. The van der Waals surface area contributed by atoms with E-state index >= 15 is 0 Å². The minimum absolute atomic E-state index is 0.428. The summed E-state index contributed by atoms with van der Waals surface area (Å²) < 4.78 is 7.23. The zero-order valence-corrected chi connectivity index (χ0v) is 11.2. The molecule has 4 heteroatoms. The van der Waals surface area contributed by atoms with Gasteiger partial charge in [-0.05, 0) is 45.4 Å². The molecule has 18 heavy (non-hydrogen) atoms. The fourth-order valence-corrected chi connectivity index (χ4v) is 1.82. The van der Waals surface area contributed by atoms with E-state index in [1.807, 2.05) is 62.7 Å². The number of hydrogen-bond acceptors (Lipinski definition) is 2. The van der Waals surface area contributed by atoms with Gasteiger partial charge in [-0.15, -0.1) is 0 Å².